The number of aliphatic carboxylic acids is 1. The van der Waals surface area contributed by atoms with E-state index in [1.54, 1.807) is 36.4 Å². The second-order valence-electron chi connectivity index (χ2n) is 10.3. The molecule has 1 amide bonds. The summed E-state index contributed by atoms with van der Waals surface area (Å²) < 4.78 is 28.3. The Morgan fingerprint density at radius 3 is 2.15 bits per heavy atom. The van der Waals surface area contributed by atoms with Crippen molar-refractivity contribution in [3.05, 3.63) is 124 Å². The van der Waals surface area contributed by atoms with Crippen molar-refractivity contribution in [2.75, 3.05) is 5.32 Å². The lowest BCUT2D eigenvalue weighted by Gasteiger charge is -2.15. The van der Waals surface area contributed by atoms with Crippen LogP contribution < -0.4 is 21.5 Å². The van der Waals surface area contributed by atoms with Crippen LogP contribution in [-0.4, -0.2) is 36.4 Å². The molecule has 0 aliphatic carbocycles. The normalized spacial score (nSPS) is 12.1. The number of carboxylic acid groups (broad SMARTS) is 1. The molecule has 0 bridgehead atoms. The van der Waals surface area contributed by atoms with Crippen LogP contribution in [-0.2, 0) is 34.3 Å². The Kier molecular flexibility index (Phi) is 10.3. The van der Waals surface area contributed by atoms with E-state index in [0.29, 0.717) is 28.0 Å². The molecule has 0 fully saturated rings. The van der Waals surface area contributed by atoms with Crippen LogP contribution in [0.25, 0.3) is 21.7 Å². The molecule has 0 saturated heterocycles. The highest BCUT2D eigenvalue weighted by Gasteiger charge is 2.26. The fraction of sp³-hybridized carbons (Fsp3) is 0.121. The van der Waals surface area contributed by atoms with E-state index in [-0.39, 0.29) is 23.4 Å². The Balaban J connectivity index is 1.37. The summed E-state index contributed by atoms with van der Waals surface area (Å²) in [4.78, 5) is 30.4. The van der Waals surface area contributed by atoms with E-state index in [1.807, 2.05) is 36.4 Å². The molecule has 5 aromatic rings. The van der Waals surface area contributed by atoms with Crippen LogP contribution in [0.3, 0.4) is 0 Å². The number of hydrogen-bond acceptors (Lipinski definition) is 8. The first-order chi connectivity index (χ1) is 22.1. The van der Waals surface area contributed by atoms with Crippen LogP contribution in [0.2, 0.25) is 5.02 Å². The molecule has 0 aliphatic rings. The third-order valence-corrected chi connectivity index (χ3v) is 10.0. The maximum absolute atomic E-state index is 13.2. The van der Waals surface area contributed by atoms with E-state index < -0.39 is 27.9 Å². The maximum Gasteiger partial charge on any atom is 0.322 e. The number of nitrogens with one attached hydrogen (secondary N) is 2. The van der Waals surface area contributed by atoms with Crippen molar-refractivity contribution >= 4 is 50.0 Å². The number of hydrogen-bond donors (Lipinski definition) is 5. The zero-order valence-electron chi connectivity index (χ0n) is 24.3. The van der Waals surface area contributed by atoms with Crippen molar-refractivity contribution < 1.29 is 23.1 Å². The van der Waals surface area contributed by atoms with Gasteiger partial charge in [0, 0.05) is 29.2 Å². The standard InChI is InChI=1S/C33H30ClN5O5S2/c34-27-17-24(10-11-25(27)19-36)29-30(22-8-6-21(18-35)7-9-22)45-33(37-29)38-31(40)23-12-14-26(15-13-23)46(43,44)39-28(32(41)42)16-20-4-2-1-3-5-20/h1-15,17,28,39H,16,18-19,35-36H2,(H,41,42)(H,37,38,40)/t28-/m0/s1. The molecule has 46 heavy (non-hydrogen) atoms. The quantitative estimate of drug-likeness (QED) is 0.119. The zero-order chi connectivity index (χ0) is 32.8. The second-order valence-corrected chi connectivity index (χ2v) is 13.4. The number of halogens is 1. The number of anilines is 1. The zero-order valence-corrected chi connectivity index (χ0v) is 26.7. The molecule has 0 saturated carbocycles. The molecule has 5 rings (SSSR count). The number of thiazole rings is 1. The summed E-state index contributed by atoms with van der Waals surface area (Å²) in [6, 6.07) is 25.7. The number of rotatable bonds is 12. The molecule has 0 aliphatic heterocycles. The lowest BCUT2D eigenvalue weighted by molar-refractivity contribution is -0.138. The van der Waals surface area contributed by atoms with Gasteiger partial charge in [0.15, 0.2) is 5.13 Å². The van der Waals surface area contributed by atoms with Gasteiger partial charge >= 0.3 is 5.97 Å². The van der Waals surface area contributed by atoms with Gasteiger partial charge in [-0.2, -0.15) is 4.72 Å². The predicted molar refractivity (Wildman–Crippen MR) is 180 cm³/mol. The van der Waals surface area contributed by atoms with E-state index in [1.165, 1.54) is 35.6 Å². The summed E-state index contributed by atoms with van der Waals surface area (Å²) in [5.41, 5.74) is 16.4. The number of carbonyl (C=O) groups is 2. The molecular formula is C33H30ClN5O5S2. The molecule has 0 spiro atoms. The molecule has 0 radical (unpaired) electrons. The number of nitrogens with zero attached hydrogens (tertiary/aromatic N) is 1. The molecule has 0 unspecified atom stereocenters. The Labute approximate surface area is 275 Å². The first kappa shape index (κ1) is 32.9. The van der Waals surface area contributed by atoms with E-state index in [0.717, 1.165) is 27.1 Å². The smallest absolute Gasteiger partial charge is 0.322 e. The van der Waals surface area contributed by atoms with E-state index in [9.17, 15) is 23.1 Å². The van der Waals surface area contributed by atoms with Crippen LogP contribution in [0.15, 0.2) is 102 Å². The van der Waals surface area contributed by atoms with E-state index in [2.05, 4.69) is 10.0 Å². The average Bonchev–Trinajstić information content (AvgIpc) is 3.48. The SMILES string of the molecule is NCc1ccc(-c2sc(NC(=O)c3ccc(S(=O)(=O)N[C@@H](Cc4ccccc4)C(=O)O)cc3)nc2-c2ccc(CN)c(Cl)c2)cc1. The lowest BCUT2D eigenvalue weighted by Crippen LogP contribution is -2.42. The number of carboxylic acids is 1. The minimum absolute atomic E-state index is 0.0335. The summed E-state index contributed by atoms with van der Waals surface area (Å²) in [6.07, 6.45) is -0.0335. The third-order valence-electron chi connectivity index (χ3n) is 7.15. The third kappa shape index (κ3) is 7.68. The molecule has 7 N–H and O–H groups in total. The highest BCUT2D eigenvalue weighted by molar-refractivity contribution is 7.89. The Hall–Kier alpha value is -4.43. The molecule has 13 heteroatoms. The van der Waals surface area contributed by atoms with Crippen LogP contribution >= 0.6 is 22.9 Å². The number of carbonyl (C=O) groups excluding carboxylic acids is 1. The molecule has 1 heterocycles. The Morgan fingerprint density at radius 2 is 1.54 bits per heavy atom. The number of sulfonamides is 1. The molecule has 4 aromatic carbocycles. The summed E-state index contributed by atoms with van der Waals surface area (Å²) in [5, 5.41) is 13.3. The summed E-state index contributed by atoms with van der Waals surface area (Å²) in [5.74, 6) is -1.82. The maximum atomic E-state index is 13.2. The number of amides is 1. The summed E-state index contributed by atoms with van der Waals surface area (Å²) >= 11 is 7.72. The van der Waals surface area contributed by atoms with Crippen LogP contribution in [0.1, 0.15) is 27.0 Å². The minimum atomic E-state index is -4.20. The van der Waals surface area contributed by atoms with Crippen LogP contribution in [0.5, 0.6) is 0 Å². The van der Waals surface area contributed by atoms with Gasteiger partial charge in [-0.3, -0.25) is 14.9 Å². The van der Waals surface area contributed by atoms with Crippen molar-refractivity contribution in [3.8, 4) is 21.7 Å². The number of nitrogens with two attached hydrogens (primary N) is 2. The second kappa shape index (κ2) is 14.3. The van der Waals surface area contributed by atoms with Gasteiger partial charge in [-0.05, 0) is 59.0 Å². The van der Waals surface area contributed by atoms with Gasteiger partial charge in [-0.1, -0.05) is 89.7 Å². The largest absolute Gasteiger partial charge is 0.480 e. The van der Waals surface area contributed by atoms with Crippen molar-refractivity contribution in [1.82, 2.24) is 9.71 Å². The Morgan fingerprint density at radius 1 is 0.870 bits per heavy atom. The van der Waals surface area contributed by atoms with E-state index in [4.69, 9.17) is 28.1 Å². The van der Waals surface area contributed by atoms with Crippen molar-refractivity contribution in [3.63, 3.8) is 0 Å². The van der Waals surface area contributed by atoms with Gasteiger partial charge in [0.2, 0.25) is 10.0 Å². The van der Waals surface area contributed by atoms with Gasteiger partial charge in [-0.15, -0.1) is 0 Å². The van der Waals surface area contributed by atoms with Crippen molar-refractivity contribution in [1.29, 1.82) is 0 Å². The molecular weight excluding hydrogens is 646 g/mol. The summed E-state index contributed by atoms with van der Waals surface area (Å²) in [7, 11) is -4.20. The fourth-order valence-electron chi connectivity index (χ4n) is 4.66. The minimum Gasteiger partial charge on any atom is -0.480 e. The molecule has 1 atom stereocenters. The van der Waals surface area contributed by atoms with Gasteiger partial charge in [0.1, 0.15) is 6.04 Å². The lowest BCUT2D eigenvalue weighted by atomic mass is 10.0. The van der Waals surface area contributed by atoms with Crippen LogP contribution in [0.4, 0.5) is 5.13 Å². The summed E-state index contributed by atoms with van der Waals surface area (Å²) in [6.45, 7) is 0.687. The highest BCUT2D eigenvalue weighted by Crippen LogP contribution is 2.40. The predicted octanol–water partition coefficient (Wildman–Crippen LogP) is 5.27. The number of aromatic nitrogens is 1. The van der Waals surface area contributed by atoms with Crippen molar-refractivity contribution in [2.24, 2.45) is 11.5 Å². The number of benzene rings is 4. The van der Waals surface area contributed by atoms with Gasteiger partial charge in [0.25, 0.3) is 5.91 Å². The topological polar surface area (TPSA) is 177 Å². The van der Waals surface area contributed by atoms with E-state index >= 15 is 0 Å². The molecule has 10 nitrogen and oxygen atoms in total. The highest BCUT2D eigenvalue weighted by atomic mass is 35.5. The molecule has 236 valence electrons. The Bertz CT molecular complexity index is 1970. The monoisotopic (exact) mass is 675 g/mol. The molecule has 1 aromatic heterocycles. The first-order valence-electron chi connectivity index (χ1n) is 14.1. The van der Waals surface area contributed by atoms with Crippen molar-refractivity contribution in [2.45, 2.75) is 30.4 Å². The van der Waals surface area contributed by atoms with Crippen LogP contribution in [0, 0.1) is 0 Å². The van der Waals surface area contributed by atoms with Gasteiger partial charge in [-0.25, -0.2) is 13.4 Å². The first-order valence-corrected chi connectivity index (χ1v) is 16.7. The fourth-order valence-corrected chi connectivity index (χ4v) is 7.09. The average molecular weight is 676 g/mol. The van der Waals surface area contributed by atoms with Gasteiger partial charge < -0.3 is 16.6 Å². The van der Waals surface area contributed by atoms with Gasteiger partial charge in [0.05, 0.1) is 15.5 Å².